The van der Waals surface area contributed by atoms with E-state index in [4.69, 9.17) is 14.2 Å². The first-order valence-electron chi connectivity index (χ1n) is 8.07. The SMILES string of the molecule is CCCCOC(=O)C1=CCC(C)(OCC(=O)OC(C)(C)C)C=C1. The van der Waals surface area contributed by atoms with E-state index in [1.807, 2.05) is 34.6 Å². The highest BCUT2D eigenvalue weighted by Crippen LogP contribution is 2.25. The molecule has 5 nitrogen and oxygen atoms in total. The summed E-state index contributed by atoms with van der Waals surface area (Å²) >= 11 is 0. The van der Waals surface area contributed by atoms with Crippen LogP contribution >= 0.6 is 0 Å². The van der Waals surface area contributed by atoms with Crippen molar-refractivity contribution in [2.45, 2.75) is 65.1 Å². The molecule has 1 unspecified atom stereocenters. The van der Waals surface area contributed by atoms with E-state index in [1.165, 1.54) is 0 Å². The molecule has 23 heavy (non-hydrogen) atoms. The summed E-state index contributed by atoms with van der Waals surface area (Å²) < 4.78 is 16.0. The van der Waals surface area contributed by atoms with Crippen LogP contribution in [0.4, 0.5) is 0 Å². The van der Waals surface area contributed by atoms with Gasteiger partial charge in [0.1, 0.15) is 12.2 Å². The van der Waals surface area contributed by atoms with Gasteiger partial charge in [-0.1, -0.05) is 25.5 Å². The van der Waals surface area contributed by atoms with Crippen molar-refractivity contribution in [2.75, 3.05) is 13.2 Å². The van der Waals surface area contributed by atoms with Crippen molar-refractivity contribution >= 4 is 11.9 Å². The summed E-state index contributed by atoms with van der Waals surface area (Å²) in [5.74, 6) is -0.718. The van der Waals surface area contributed by atoms with Crippen molar-refractivity contribution in [3.63, 3.8) is 0 Å². The fourth-order valence-electron chi connectivity index (χ4n) is 1.96. The van der Waals surface area contributed by atoms with Crippen LogP contribution < -0.4 is 0 Å². The first kappa shape index (κ1) is 19.4. The third-order valence-electron chi connectivity index (χ3n) is 3.25. The molecule has 1 aliphatic carbocycles. The van der Waals surface area contributed by atoms with Gasteiger partial charge in [0.2, 0.25) is 0 Å². The Labute approximate surface area is 138 Å². The molecule has 0 saturated carbocycles. The van der Waals surface area contributed by atoms with Crippen molar-refractivity contribution in [2.24, 2.45) is 0 Å². The number of esters is 2. The molecule has 1 rings (SSSR count). The second-order valence-corrected chi connectivity index (χ2v) is 6.87. The molecule has 130 valence electrons. The van der Waals surface area contributed by atoms with Crippen LogP contribution in [0.2, 0.25) is 0 Å². The molecule has 0 aromatic heterocycles. The fraction of sp³-hybridized carbons (Fsp3) is 0.667. The third-order valence-corrected chi connectivity index (χ3v) is 3.25. The van der Waals surface area contributed by atoms with Gasteiger partial charge < -0.3 is 14.2 Å². The number of hydrogen-bond donors (Lipinski definition) is 0. The van der Waals surface area contributed by atoms with E-state index in [9.17, 15) is 9.59 Å². The van der Waals surface area contributed by atoms with E-state index in [1.54, 1.807) is 18.2 Å². The Morgan fingerprint density at radius 3 is 2.52 bits per heavy atom. The first-order valence-corrected chi connectivity index (χ1v) is 8.07. The highest BCUT2D eigenvalue weighted by atomic mass is 16.6. The van der Waals surface area contributed by atoms with Crippen LogP contribution in [0.3, 0.4) is 0 Å². The first-order chi connectivity index (χ1) is 10.7. The van der Waals surface area contributed by atoms with E-state index in [0.29, 0.717) is 18.6 Å². The molecule has 0 heterocycles. The zero-order chi connectivity index (χ0) is 17.5. The smallest absolute Gasteiger partial charge is 0.337 e. The van der Waals surface area contributed by atoms with E-state index in [0.717, 1.165) is 12.8 Å². The predicted molar refractivity (Wildman–Crippen MR) is 87.9 cm³/mol. The molecule has 0 bridgehead atoms. The molecule has 0 spiro atoms. The van der Waals surface area contributed by atoms with E-state index >= 15 is 0 Å². The van der Waals surface area contributed by atoms with Crippen LogP contribution in [-0.4, -0.2) is 36.4 Å². The molecule has 0 saturated heterocycles. The maximum Gasteiger partial charge on any atom is 0.337 e. The predicted octanol–water partition coefficient (Wildman–Crippen LogP) is 3.33. The Morgan fingerprint density at radius 2 is 2.00 bits per heavy atom. The van der Waals surface area contributed by atoms with Gasteiger partial charge in [-0.05, 0) is 46.6 Å². The summed E-state index contributed by atoms with van der Waals surface area (Å²) in [7, 11) is 0. The highest BCUT2D eigenvalue weighted by molar-refractivity contribution is 5.91. The monoisotopic (exact) mass is 324 g/mol. The number of hydrogen-bond acceptors (Lipinski definition) is 5. The Hall–Kier alpha value is -1.62. The molecule has 0 fully saturated rings. The van der Waals surface area contributed by atoms with Crippen molar-refractivity contribution < 1.29 is 23.8 Å². The zero-order valence-corrected chi connectivity index (χ0v) is 14.8. The molecule has 0 amide bonds. The minimum absolute atomic E-state index is 0.123. The summed E-state index contributed by atoms with van der Waals surface area (Å²) in [6, 6.07) is 0. The molecule has 0 aromatic carbocycles. The Balaban J connectivity index is 2.45. The molecule has 0 aliphatic heterocycles. The van der Waals surface area contributed by atoms with Crippen LogP contribution in [0.15, 0.2) is 23.8 Å². The Morgan fingerprint density at radius 1 is 1.30 bits per heavy atom. The van der Waals surface area contributed by atoms with Crippen molar-refractivity contribution in [3.8, 4) is 0 Å². The lowest BCUT2D eigenvalue weighted by atomic mass is 9.94. The molecule has 0 aromatic rings. The van der Waals surface area contributed by atoms with Gasteiger partial charge >= 0.3 is 11.9 Å². The van der Waals surface area contributed by atoms with Crippen LogP contribution in [0.1, 0.15) is 53.9 Å². The number of unbranched alkanes of at least 4 members (excludes halogenated alkanes) is 1. The van der Waals surface area contributed by atoms with Crippen molar-refractivity contribution in [1.82, 2.24) is 0 Å². The number of carbonyl (C=O) groups is 2. The van der Waals surface area contributed by atoms with E-state index in [2.05, 4.69) is 0 Å². The lowest BCUT2D eigenvalue weighted by molar-refractivity contribution is -0.164. The van der Waals surface area contributed by atoms with Crippen molar-refractivity contribution in [3.05, 3.63) is 23.8 Å². The van der Waals surface area contributed by atoms with Crippen LogP contribution in [0.5, 0.6) is 0 Å². The lowest BCUT2D eigenvalue weighted by Gasteiger charge is -2.28. The normalized spacial score (nSPS) is 20.8. The molecule has 1 aliphatic rings. The molecule has 0 radical (unpaired) electrons. The number of carbonyl (C=O) groups excluding carboxylic acids is 2. The molecule has 5 heteroatoms. The summed E-state index contributed by atoms with van der Waals surface area (Å²) in [6.45, 7) is 9.66. The minimum Gasteiger partial charge on any atom is -0.462 e. The second-order valence-electron chi connectivity index (χ2n) is 6.87. The molecule has 0 N–H and O–H groups in total. The number of ether oxygens (including phenoxy) is 3. The van der Waals surface area contributed by atoms with Gasteiger partial charge in [0, 0.05) is 0 Å². The lowest BCUT2D eigenvalue weighted by Crippen LogP contribution is -2.33. The summed E-state index contributed by atoms with van der Waals surface area (Å²) in [6.07, 6.45) is 7.60. The Bertz CT molecular complexity index is 484. The van der Waals surface area contributed by atoms with Gasteiger partial charge in [0.05, 0.1) is 17.8 Å². The van der Waals surface area contributed by atoms with Gasteiger partial charge in [-0.15, -0.1) is 0 Å². The molecular weight excluding hydrogens is 296 g/mol. The second kappa shape index (κ2) is 8.29. The van der Waals surface area contributed by atoms with Gasteiger partial charge in [0.25, 0.3) is 0 Å². The molecule has 1 atom stereocenters. The average molecular weight is 324 g/mol. The van der Waals surface area contributed by atoms with Crippen LogP contribution in [0.25, 0.3) is 0 Å². The van der Waals surface area contributed by atoms with Crippen molar-refractivity contribution in [1.29, 1.82) is 0 Å². The third kappa shape index (κ3) is 7.46. The van der Waals surface area contributed by atoms with Gasteiger partial charge in [-0.2, -0.15) is 0 Å². The summed E-state index contributed by atoms with van der Waals surface area (Å²) in [4.78, 5) is 23.6. The van der Waals surface area contributed by atoms with E-state index < -0.39 is 17.2 Å². The maximum atomic E-state index is 11.9. The van der Waals surface area contributed by atoms with Crippen LogP contribution in [0, 0.1) is 0 Å². The summed E-state index contributed by atoms with van der Waals surface area (Å²) in [5.41, 5.74) is -0.622. The fourth-order valence-corrected chi connectivity index (χ4v) is 1.96. The highest BCUT2D eigenvalue weighted by Gasteiger charge is 2.27. The zero-order valence-electron chi connectivity index (χ0n) is 14.8. The number of rotatable bonds is 7. The largest absolute Gasteiger partial charge is 0.462 e. The quantitative estimate of drug-likeness (QED) is 0.531. The maximum absolute atomic E-state index is 11.9. The van der Waals surface area contributed by atoms with Gasteiger partial charge in [0.15, 0.2) is 0 Å². The molecular formula is C18H28O5. The average Bonchev–Trinajstić information content (AvgIpc) is 2.44. The summed E-state index contributed by atoms with van der Waals surface area (Å²) in [5, 5.41) is 0. The standard InChI is InChI=1S/C18H28O5/c1-6-7-12-21-16(20)14-8-10-18(5,11-9-14)22-13-15(19)23-17(2,3)4/h8-10H,6-7,11-13H2,1-5H3. The van der Waals surface area contributed by atoms with Gasteiger partial charge in [-0.3, -0.25) is 0 Å². The van der Waals surface area contributed by atoms with Crippen LogP contribution in [-0.2, 0) is 23.8 Å². The topological polar surface area (TPSA) is 61.8 Å². The minimum atomic E-state index is -0.621. The Kier molecular flexibility index (Phi) is 7.01. The van der Waals surface area contributed by atoms with Gasteiger partial charge in [-0.25, -0.2) is 9.59 Å². The van der Waals surface area contributed by atoms with E-state index in [-0.39, 0.29) is 12.6 Å².